The minimum atomic E-state index is -0.257. The number of aryl methyl sites for hydroxylation is 1. The Morgan fingerprint density at radius 1 is 1.14 bits per heavy atom. The van der Waals surface area contributed by atoms with E-state index in [0.29, 0.717) is 24.4 Å². The second-order valence-electron chi connectivity index (χ2n) is 6.57. The van der Waals surface area contributed by atoms with E-state index in [2.05, 4.69) is 4.98 Å². The first-order valence-corrected chi connectivity index (χ1v) is 9.98. The molecule has 0 saturated carbocycles. The van der Waals surface area contributed by atoms with Gasteiger partial charge in [0.1, 0.15) is 16.4 Å². The molecule has 28 heavy (non-hydrogen) atoms. The van der Waals surface area contributed by atoms with E-state index >= 15 is 0 Å². The standard InChI is InChI=1S/C22H23FN2O2S/c1-16-21(28-20(24-16)15-17-9-11-18(23)12-10-17)22(26)25(2)13-6-14-27-19-7-4-3-5-8-19/h3-5,7-12H,6,13-15H2,1-2H3. The molecule has 4 nitrogen and oxygen atoms in total. The van der Waals surface area contributed by atoms with Gasteiger partial charge in [-0.3, -0.25) is 4.79 Å². The van der Waals surface area contributed by atoms with Crippen LogP contribution in [0.3, 0.4) is 0 Å². The SMILES string of the molecule is Cc1nc(Cc2ccc(F)cc2)sc1C(=O)N(C)CCCOc1ccccc1. The number of hydrogen-bond donors (Lipinski definition) is 0. The maximum atomic E-state index is 13.0. The second kappa shape index (κ2) is 9.46. The van der Waals surface area contributed by atoms with Crippen molar-refractivity contribution in [3.63, 3.8) is 0 Å². The normalized spacial score (nSPS) is 10.7. The lowest BCUT2D eigenvalue weighted by Crippen LogP contribution is -2.28. The zero-order valence-corrected chi connectivity index (χ0v) is 16.8. The quantitative estimate of drug-likeness (QED) is 0.516. The molecule has 146 valence electrons. The number of hydrogen-bond acceptors (Lipinski definition) is 4. The molecule has 2 aromatic carbocycles. The van der Waals surface area contributed by atoms with Gasteiger partial charge in [0, 0.05) is 20.0 Å². The largest absolute Gasteiger partial charge is 0.494 e. The van der Waals surface area contributed by atoms with Crippen LogP contribution in [0.2, 0.25) is 0 Å². The van der Waals surface area contributed by atoms with E-state index in [1.807, 2.05) is 37.3 Å². The van der Waals surface area contributed by atoms with Crippen molar-refractivity contribution in [2.45, 2.75) is 19.8 Å². The van der Waals surface area contributed by atoms with Crippen molar-refractivity contribution >= 4 is 17.2 Å². The number of carbonyl (C=O) groups is 1. The third-order valence-electron chi connectivity index (χ3n) is 4.30. The number of thiazole rings is 1. The van der Waals surface area contributed by atoms with Crippen LogP contribution in [0.15, 0.2) is 54.6 Å². The Morgan fingerprint density at radius 2 is 1.86 bits per heavy atom. The number of amides is 1. The van der Waals surface area contributed by atoms with Crippen molar-refractivity contribution in [2.75, 3.05) is 20.2 Å². The second-order valence-corrected chi connectivity index (χ2v) is 7.65. The molecule has 0 fully saturated rings. The minimum absolute atomic E-state index is 0.0277. The molecule has 0 aliphatic carbocycles. The van der Waals surface area contributed by atoms with Gasteiger partial charge in [0.25, 0.3) is 5.91 Å². The number of ether oxygens (including phenoxy) is 1. The lowest BCUT2D eigenvalue weighted by atomic mass is 10.1. The predicted octanol–water partition coefficient (Wildman–Crippen LogP) is 4.72. The fraction of sp³-hybridized carbons (Fsp3) is 0.273. The number of rotatable bonds is 8. The van der Waals surface area contributed by atoms with Crippen LogP contribution in [0.4, 0.5) is 4.39 Å². The fourth-order valence-electron chi connectivity index (χ4n) is 2.79. The summed E-state index contributed by atoms with van der Waals surface area (Å²) in [4.78, 5) is 19.6. The summed E-state index contributed by atoms with van der Waals surface area (Å²) in [6.07, 6.45) is 1.34. The number of aromatic nitrogens is 1. The van der Waals surface area contributed by atoms with Crippen molar-refractivity contribution in [1.82, 2.24) is 9.88 Å². The van der Waals surface area contributed by atoms with E-state index in [1.165, 1.54) is 23.5 Å². The Morgan fingerprint density at radius 3 is 2.57 bits per heavy atom. The Hall–Kier alpha value is -2.73. The molecular weight excluding hydrogens is 375 g/mol. The van der Waals surface area contributed by atoms with Gasteiger partial charge in [-0.15, -0.1) is 11.3 Å². The van der Waals surface area contributed by atoms with Crippen molar-refractivity contribution in [2.24, 2.45) is 0 Å². The maximum Gasteiger partial charge on any atom is 0.265 e. The van der Waals surface area contributed by atoms with Crippen molar-refractivity contribution in [3.05, 3.63) is 81.6 Å². The van der Waals surface area contributed by atoms with Crippen LogP contribution in [-0.2, 0) is 6.42 Å². The molecule has 0 unspecified atom stereocenters. The van der Waals surface area contributed by atoms with E-state index in [4.69, 9.17) is 4.74 Å². The molecule has 0 spiro atoms. The number of benzene rings is 2. The first kappa shape index (κ1) is 20.0. The molecule has 0 atom stereocenters. The zero-order valence-electron chi connectivity index (χ0n) is 16.0. The summed E-state index contributed by atoms with van der Waals surface area (Å²) in [7, 11) is 1.80. The average Bonchev–Trinajstić information content (AvgIpc) is 3.07. The first-order chi connectivity index (χ1) is 13.5. The number of carbonyl (C=O) groups excluding carboxylic acids is 1. The molecule has 6 heteroatoms. The van der Waals surface area contributed by atoms with Gasteiger partial charge in [-0.05, 0) is 43.2 Å². The lowest BCUT2D eigenvalue weighted by Gasteiger charge is -2.16. The third kappa shape index (κ3) is 5.39. The van der Waals surface area contributed by atoms with Gasteiger partial charge in [0.05, 0.1) is 17.3 Å². The summed E-state index contributed by atoms with van der Waals surface area (Å²) in [6, 6.07) is 16.0. The first-order valence-electron chi connectivity index (χ1n) is 9.17. The molecule has 0 N–H and O–H groups in total. The smallest absolute Gasteiger partial charge is 0.265 e. The molecule has 0 radical (unpaired) electrons. The summed E-state index contributed by atoms with van der Waals surface area (Å²) in [6.45, 7) is 3.01. The predicted molar refractivity (Wildman–Crippen MR) is 110 cm³/mol. The van der Waals surface area contributed by atoms with E-state index in [-0.39, 0.29) is 11.7 Å². The Labute approximate surface area is 168 Å². The van der Waals surface area contributed by atoms with E-state index in [1.54, 1.807) is 24.1 Å². The third-order valence-corrected chi connectivity index (χ3v) is 5.45. The minimum Gasteiger partial charge on any atom is -0.494 e. The van der Waals surface area contributed by atoms with Crippen LogP contribution >= 0.6 is 11.3 Å². The van der Waals surface area contributed by atoms with Crippen LogP contribution in [0, 0.1) is 12.7 Å². The number of halogens is 1. The van der Waals surface area contributed by atoms with Gasteiger partial charge in [0.15, 0.2) is 0 Å². The summed E-state index contributed by atoms with van der Waals surface area (Å²) in [5.41, 5.74) is 1.71. The highest BCUT2D eigenvalue weighted by molar-refractivity contribution is 7.13. The van der Waals surface area contributed by atoms with E-state index < -0.39 is 0 Å². The van der Waals surface area contributed by atoms with Gasteiger partial charge in [-0.1, -0.05) is 30.3 Å². The summed E-state index contributed by atoms with van der Waals surface area (Å²) >= 11 is 1.40. The van der Waals surface area contributed by atoms with Crippen LogP contribution in [0.25, 0.3) is 0 Å². The molecule has 1 aromatic heterocycles. The van der Waals surface area contributed by atoms with Gasteiger partial charge in [-0.25, -0.2) is 9.37 Å². The van der Waals surface area contributed by atoms with E-state index in [0.717, 1.165) is 28.4 Å². The Balaban J connectivity index is 1.52. The lowest BCUT2D eigenvalue weighted by molar-refractivity contribution is 0.0791. The van der Waals surface area contributed by atoms with Crippen molar-refractivity contribution in [3.8, 4) is 5.75 Å². The molecule has 0 bridgehead atoms. The highest BCUT2D eigenvalue weighted by Gasteiger charge is 2.19. The van der Waals surface area contributed by atoms with Gasteiger partial charge >= 0.3 is 0 Å². The number of nitrogens with zero attached hydrogens (tertiary/aromatic N) is 2. The van der Waals surface area contributed by atoms with Crippen LogP contribution in [0.5, 0.6) is 5.75 Å². The Bertz CT molecular complexity index is 910. The summed E-state index contributed by atoms with van der Waals surface area (Å²) < 4.78 is 18.7. The van der Waals surface area contributed by atoms with Crippen molar-refractivity contribution < 1.29 is 13.9 Å². The molecule has 0 saturated heterocycles. The topological polar surface area (TPSA) is 42.4 Å². The van der Waals surface area contributed by atoms with E-state index in [9.17, 15) is 9.18 Å². The molecule has 3 rings (SSSR count). The van der Waals surface area contributed by atoms with Gasteiger partial charge in [-0.2, -0.15) is 0 Å². The molecule has 0 aliphatic rings. The molecule has 3 aromatic rings. The van der Waals surface area contributed by atoms with Gasteiger partial charge < -0.3 is 9.64 Å². The molecule has 1 amide bonds. The summed E-state index contributed by atoms with van der Waals surface area (Å²) in [5.74, 6) is 0.549. The Kier molecular flexibility index (Phi) is 6.76. The molecule has 0 aliphatic heterocycles. The highest BCUT2D eigenvalue weighted by atomic mass is 32.1. The monoisotopic (exact) mass is 398 g/mol. The maximum absolute atomic E-state index is 13.0. The highest BCUT2D eigenvalue weighted by Crippen LogP contribution is 2.22. The average molecular weight is 399 g/mol. The van der Waals surface area contributed by atoms with Crippen molar-refractivity contribution in [1.29, 1.82) is 0 Å². The van der Waals surface area contributed by atoms with Crippen LogP contribution in [-0.4, -0.2) is 36.0 Å². The number of para-hydroxylation sites is 1. The van der Waals surface area contributed by atoms with Crippen LogP contribution < -0.4 is 4.74 Å². The molecular formula is C22H23FN2O2S. The van der Waals surface area contributed by atoms with Gasteiger partial charge in [0.2, 0.25) is 0 Å². The molecule has 1 heterocycles. The fourth-order valence-corrected chi connectivity index (χ4v) is 3.88. The zero-order chi connectivity index (χ0) is 19.9. The van der Waals surface area contributed by atoms with Crippen LogP contribution in [0.1, 0.15) is 32.4 Å². The summed E-state index contributed by atoms with van der Waals surface area (Å²) in [5, 5.41) is 0.855.